The molecule has 1 aliphatic rings. The third-order valence-corrected chi connectivity index (χ3v) is 4.40. The molecule has 3 rings (SSSR count). The van der Waals surface area contributed by atoms with Gasteiger partial charge in [-0.15, -0.1) is 0 Å². The highest BCUT2D eigenvalue weighted by Crippen LogP contribution is 2.23. The van der Waals surface area contributed by atoms with Crippen molar-refractivity contribution in [3.63, 3.8) is 0 Å². The number of hydrogen-bond acceptors (Lipinski definition) is 1. The van der Waals surface area contributed by atoms with Crippen molar-refractivity contribution in [2.24, 2.45) is 0 Å². The summed E-state index contributed by atoms with van der Waals surface area (Å²) < 4.78 is 0. The van der Waals surface area contributed by atoms with Gasteiger partial charge in [-0.1, -0.05) is 55.5 Å². The lowest BCUT2D eigenvalue weighted by atomic mass is 10.0. The number of carbonyl (C=O) groups is 1. The van der Waals surface area contributed by atoms with E-state index in [1.54, 1.807) is 0 Å². The van der Waals surface area contributed by atoms with Crippen LogP contribution in [-0.2, 0) is 19.3 Å². The first-order valence-corrected chi connectivity index (χ1v) is 8.17. The van der Waals surface area contributed by atoms with Crippen LogP contribution in [0, 0.1) is 0 Å². The Kier molecular flexibility index (Phi) is 4.53. The van der Waals surface area contributed by atoms with Gasteiger partial charge in [0.15, 0.2) is 5.78 Å². The molecule has 22 heavy (non-hydrogen) atoms. The molecule has 0 radical (unpaired) electrons. The summed E-state index contributed by atoms with van der Waals surface area (Å²) in [6, 6.07) is 15.1. The molecule has 0 saturated heterocycles. The number of fused-ring (bicyclic) bond motifs is 1. The minimum Gasteiger partial charge on any atom is -0.294 e. The molecule has 0 atom stereocenters. The molecule has 0 aliphatic heterocycles. The van der Waals surface area contributed by atoms with E-state index in [-0.39, 0.29) is 0 Å². The van der Waals surface area contributed by atoms with E-state index in [0.717, 1.165) is 36.8 Å². The minimum atomic E-state index is 0.293. The average Bonchev–Trinajstić information content (AvgIpc) is 2.93. The highest BCUT2D eigenvalue weighted by Gasteiger charge is 2.18. The van der Waals surface area contributed by atoms with E-state index in [2.05, 4.69) is 55.5 Å². The molecular formula is C21H22O. The first-order valence-electron chi connectivity index (χ1n) is 8.17. The number of Topliss-reactive ketones (excluding diaryl/α,β-unsaturated/α-hetero) is 1. The van der Waals surface area contributed by atoms with Crippen LogP contribution >= 0.6 is 0 Å². The fourth-order valence-electron chi connectivity index (χ4n) is 2.97. The molecule has 1 heteroatoms. The second kappa shape index (κ2) is 6.74. The zero-order valence-electron chi connectivity index (χ0n) is 13.1. The molecule has 0 fully saturated rings. The third kappa shape index (κ3) is 3.36. The predicted octanol–water partition coefficient (Wildman–Crippen LogP) is 5.02. The molecule has 0 spiro atoms. The Morgan fingerprint density at radius 3 is 2.55 bits per heavy atom. The number of hydrogen-bond donors (Lipinski definition) is 0. The van der Waals surface area contributed by atoms with Gasteiger partial charge in [0.1, 0.15) is 0 Å². The molecule has 0 saturated carbocycles. The number of allylic oxidation sites excluding steroid dienone is 1. The van der Waals surface area contributed by atoms with Gasteiger partial charge in [-0.2, -0.15) is 0 Å². The summed E-state index contributed by atoms with van der Waals surface area (Å²) >= 11 is 0. The average molecular weight is 290 g/mol. The maximum atomic E-state index is 11.8. The van der Waals surface area contributed by atoms with Crippen LogP contribution in [0.5, 0.6) is 0 Å². The standard InChI is InChI=1S/C21H22O/c1-2-16-7-9-17(10-8-16)5-3-4-6-18-11-12-19-13-14-21(22)20(19)15-18/h4,6-12,15H,2-3,5,13-14H2,1H3. The molecule has 1 aliphatic carbocycles. The molecule has 0 N–H and O–H groups in total. The van der Waals surface area contributed by atoms with Crippen LogP contribution in [-0.4, -0.2) is 5.78 Å². The number of aryl methyl sites for hydroxylation is 3. The summed E-state index contributed by atoms with van der Waals surface area (Å²) in [5.74, 6) is 0.293. The monoisotopic (exact) mass is 290 g/mol. The van der Waals surface area contributed by atoms with Crippen LogP contribution < -0.4 is 0 Å². The van der Waals surface area contributed by atoms with Crippen molar-refractivity contribution in [2.45, 2.75) is 39.0 Å². The second-order valence-electron chi connectivity index (χ2n) is 5.95. The first-order chi connectivity index (χ1) is 10.8. The largest absolute Gasteiger partial charge is 0.294 e. The number of rotatable bonds is 5. The lowest BCUT2D eigenvalue weighted by Gasteiger charge is -2.01. The molecule has 0 unspecified atom stereocenters. The third-order valence-electron chi connectivity index (χ3n) is 4.40. The Balaban J connectivity index is 1.58. The van der Waals surface area contributed by atoms with Crippen molar-refractivity contribution in [3.05, 3.63) is 76.4 Å². The minimum absolute atomic E-state index is 0.293. The van der Waals surface area contributed by atoms with Gasteiger partial charge in [-0.25, -0.2) is 0 Å². The van der Waals surface area contributed by atoms with E-state index in [1.807, 2.05) is 6.07 Å². The summed E-state index contributed by atoms with van der Waals surface area (Å²) in [7, 11) is 0. The van der Waals surface area contributed by atoms with Crippen molar-refractivity contribution < 1.29 is 4.79 Å². The van der Waals surface area contributed by atoms with Crippen LogP contribution in [0.2, 0.25) is 0 Å². The lowest BCUT2D eigenvalue weighted by molar-refractivity contribution is 0.0994. The first kappa shape index (κ1) is 14.8. The van der Waals surface area contributed by atoms with Crippen molar-refractivity contribution >= 4 is 11.9 Å². The summed E-state index contributed by atoms with van der Waals surface area (Å²) in [5.41, 5.74) is 6.04. The summed E-state index contributed by atoms with van der Waals surface area (Å²) in [4.78, 5) is 11.8. The van der Waals surface area contributed by atoms with Gasteiger partial charge in [0, 0.05) is 12.0 Å². The van der Waals surface area contributed by atoms with Gasteiger partial charge < -0.3 is 0 Å². The van der Waals surface area contributed by atoms with Crippen molar-refractivity contribution in [3.8, 4) is 0 Å². The van der Waals surface area contributed by atoms with Crippen LogP contribution in [0.3, 0.4) is 0 Å². The Morgan fingerprint density at radius 1 is 1.00 bits per heavy atom. The van der Waals surface area contributed by atoms with Crippen LogP contribution in [0.15, 0.2) is 48.5 Å². The Labute approximate surface area is 132 Å². The fourth-order valence-corrected chi connectivity index (χ4v) is 2.97. The van der Waals surface area contributed by atoms with E-state index < -0.39 is 0 Å². The van der Waals surface area contributed by atoms with E-state index >= 15 is 0 Å². The maximum Gasteiger partial charge on any atom is 0.163 e. The normalized spacial score (nSPS) is 13.8. The molecule has 1 nitrogen and oxygen atoms in total. The zero-order valence-corrected chi connectivity index (χ0v) is 13.1. The van der Waals surface area contributed by atoms with Gasteiger partial charge >= 0.3 is 0 Å². The van der Waals surface area contributed by atoms with Crippen molar-refractivity contribution in [1.82, 2.24) is 0 Å². The molecule has 0 bridgehead atoms. The summed E-state index contributed by atoms with van der Waals surface area (Å²) in [6.07, 6.45) is 9.10. The van der Waals surface area contributed by atoms with Crippen molar-refractivity contribution in [2.75, 3.05) is 0 Å². The van der Waals surface area contributed by atoms with E-state index in [0.29, 0.717) is 12.2 Å². The molecule has 112 valence electrons. The number of carbonyl (C=O) groups excluding carboxylic acids is 1. The highest BCUT2D eigenvalue weighted by atomic mass is 16.1. The fraction of sp³-hybridized carbons (Fsp3) is 0.286. The highest BCUT2D eigenvalue weighted by molar-refractivity contribution is 6.00. The van der Waals surface area contributed by atoms with Crippen LogP contribution in [0.4, 0.5) is 0 Å². The predicted molar refractivity (Wildman–Crippen MR) is 92.3 cm³/mol. The van der Waals surface area contributed by atoms with Crippen molar-refractivity contribution in [1.29, 1.82) is 0 Å². The smallest absolute Gasteiger partial charge is 0.163 e. The van der Waals surface area contributed by atoms with Gasteiger partial charge in [0.05, 0.1) is 0 Å². The molecule has 0 amide bonds. The van der Waals surface area contributed by atoms with Crippen LogP contribution in [0.25, 0.3) is 6.08 Å². The topological polar surface area (TPSA) is 17.1 Å². The van der Waals surface area contributed by atoms with Gasteiger partial charge in [0.25, 0.3) is 0 Å². The second-order valence-corrected chi connectivity index (χ2v) is 5.95. The number of ketones is 1. The van der Waals surface area contributed by atoms with Gasteiger partial charge in [-0.3, -0.25) is 4.79 Å². The quantitative estimate of drug-likeness (QED) is 0.755. The lowest BCUT2D eigenvalue weighted by Crippen LogP contribution is -1.91. The molecular weight excluding hydrogens is 268 g/mol. The molecule has 2 aromatic rings. The van der Waals surface area contributed by atoms with E-state index in [4.69, 9.17) is 0 Å². The van der Waals surface area contributed by atoms with E-state index in [9.17, 15) is 4.79 Å². The van der Waals surface area contributed by atoms with E-state index in [1.165, 1.54) is 16.7 Å². The molecule has 0 heterocycles. The van der Waals surface area contributed by atoms with Gasteiger partial charge in [-0.05, 0) is 54.0 Å². The summed E-state index contributed by atoms with van der Waals surface area (Å²) in [6.45, 7) is 2.18. The Hall–Kier alpha value is -2.15. The molecule has 2 aromatic carbocycles. The van der Waals surface area contributed by atoms with Crippen LogP contribution in [0.1, 0.15) is 52.4 Å². The molecule has 0 aromatic heterocycles. The van der Waals surface area contributed by atoms with Gasteiger partial charge in [0.2, 0.25) is 0 Å². The summed E-state index contributed by atoms with van der Waals surface area (Å²) in [5, 5.41) is 0. The SMILES string of the molecule is CCc1ccc(CCC=Cc2ccc3c(c2)C(=O)CC3)cc1. The number of benzene rings is 2. The maximum absolute atomic E-state index is 11.8. The zero-order chi connectivity index (χ0) is 15.4. The Morgan fingerprint density at radius 2 is 1.77 bits per heavy atom. The Bertz CT molecular complexity index is 692.